The monoisotopic (exact) mass is 1640 g/mol. The van der Waals surface area contributed by atoms with Gasteiger partial charge in [0.15, 0.2) is 29.1 Å². The van der Waals surface area contributed by atoms with Crippen molar-refractivity contribution in [1.29, 1.82) is 0 Å². The molecule has 0 atom stereocenters. The highest BCUT2D eigenvalue weighted by atomic mass is 32.1. The number of benzene rings is 17. The fourth-order valence-corrected chi connectivity index (χ4v) is 21.1. The molecule has 14 heteroatoms. The summed E-state index contributed by atoms with van der Waals surface area (Å²) in [7, 11) is 0. The van der Waals surface area contributed by atoms with Gasteiger partial charge in [-0.1, -0.05) is 297 Å². The molecule has 0 spiro atoms. The molecule has 11 nitrogen and oxygen atoms in total. The van der Waals surface area contributed by atoms with Crippen LogP contribution in [0, 0.1) is 0 Å². The summed E-state index contributed by atoms with van der Waals surface area (Å²) in [4.78, 5) is 40.2. The van der Waals surface area contributed by atoms with Gasteiger partial charge in [0.2, 0.25) is 11.9 Å². The fraction of sp³-hybridized carbons (Fsp3) is 0. The summed E-state index contributed by atoms with van der Waals surface area (Å²) in [5.41, 5.74) is 17.9. The summed E-state index contributed by atoms with van der Waals surface area (Å²) in [6, 6.07) is 142. The third-order valence-electron chi connectivity index (χ3n) is 23.5. The molecule has 0 unspecified atom stereocenters. The zero-order chi connectivity index (χ0) is 81.7. The summed E-state index contributed by atoms with van der Waals surface area (Å²) >= 11 is 5.55. The summed E-state index contributed by atoms with van der Waals surface area (Å²) in [5, 5.41) is 16.0. The Morgan fingerprint density at radius 2 is 0.468 bits per heavy atom. The van der Waals surface area contributed by atoms with Crippen LogP contribution in [0.2, 0.25) is 0 Å². The number of hydrogen-bond acceptors (Lipinski definition) is 11. The van der Waals surface area contributed by atoms with E-state index in [4.69, 9.17) is 39.9 Å². The Morgan fingerprint density at radius 3 is 0.887 bits per heavy atom. The summed E-state index contributed by atoms with van der Waals surface area (Å²) in [6.07, 6.45) is 0. The van der Waals surface area contributed by atoms with E-state index in [1.54, 1.807) is 0 Å². The molecule has 0 amide bonds. The Kier molecular flexibility index (Phi) is 17.6. The van der Waals surface area contributed by atoms with Gasteiger partial charge in [-0.2, -0.15) is 9.97 Å². The molecule has 124 heavy (non-hydrogen) atoms. The zero-order valence-corrected chi connectivity index (χ0v) is 68.8. The Labute approximate surface area is 722 Å². The molecule has 0 N–H and O–H groups in total. The second-order valence-corrected chi connectivity index (χ2v) is 34.1. The zero-order valence-electron chi connectivity index (χ0n) is 66.3. The molecule has 9 aromatic heterocycles. The largest absolute Gasteiger partial charge is 0.309 e. The van der Waals surface area contributed by atoms with Gasteiger partial charge < -0.3 is 4.57 Å². The van der Waals surface area contributed by atoms with Gasteiger partial charge in [0.25, 0.3) is 0 Å². The molecule has 17 aromatic carbocycles. The molecule has 0 aliphatic rings. The molecule has 0 saturated heterocycles. The molecule has 0 radical (unpaired) electrons. The normalized spacial score (nSPS) is 11.7. The van der Waals surface area contributed by atoms with Crippen molar-refractivity contribution in [2.75, 3.05) is 0 Å². The molecule has 9 heterocycles. The van der Waals surface area contributed by atoms with Crippen molar-refractivity contribution in [2.45, 2.75) is 0 Å². The van der Waals surface area contributed by atoms with Crippen LogP contribution in [0.3, 0.4) is 0 Å². The minimum Gasteiger partial charge on any atom is -0.309 e. The number of hydrogen-bond donors (Lipinski definition) is 0. The van der Waals surface area contributed by atoms with Crippen LogP contribution in [0.1, 0.15) is 0 Å². The van der Waals surface area contributed by atoms with Crippen LogP contribution in [-0.2, 0) is 0 Å². The van der Waals surface area contributed by atoms with Gasteiger partial charge in [-0.15, -0.1) is 34.0 Å². The van der Waals surface area contributed by atoms with Crippen molar-refractivity contribution in [3.05, 3.63) is 406 Å². The predicted molar refractivity (Wildman–Crippen MR) is 519 cm³/mol. The number of rotatable bonds is 10. The first kappa shape index (κ1) is 72.2. The van der Waals surface area contributed by atoms with Crippen molar-refractivity contribution in [1.82, 2.24) is 53.6 Å². The van der Waals surface area contributed by atoms with Gasteiger partial charge in [0.05, 0.1) is 44.3 Å². The highest BCUT2D eigenvalue weighted by Crippen LogP contribution is 2.46. The first-order valence-electron chi connectivity index (χ1n) is 41.3. The van der Waals surface area contributed by atoms with Gasteiger partial charge in [-0.3, -0.25) is 9.13 Å². The lowest BCUT2D eigenvalue weighted by atomic mass is 10.00. The molecule has 580 valence electrons. The van der Waals surface area contributed by atoms with Gasteiger partial charge in [0, 0.05) is 137 Å². The van der Waals surface area contributed by atoms with Crippen molar-refractivity contribution in [3.63, 3.8) is 0 Å². The number of thiophene rings is 3. The van der Waals surface area contributed by atoms with E-state index in [0.717, 1.165) is 77.7 Å². The molecule has 0 fully saturated rings. The Balaban J connectivity index is 0.000000105. The number of nitrogens with zero attached hydrogens (tertiary/aromatic N) is 11. The quantitative estimate of drug-likeness (QED) is 0.133. The molecular formula is C110H67N11S3. The maximum atomic E-state index is 5.33. The predicted octanol–water partition coefficient (Wildman–Crippen LogP) is 29.4. The van der Waals surface area contributed by atoms with E-state index in [2.05, 4.69) is 299 Å². The van der Waals surface area contributed by atoms with Crippen molar-refractivity contribution in [3.8, 4) is 96.9 Å². The topological polar surface area (TPSA) is 118 Å². The second kappa shape index (κ2) is 30.1. The van der Waals surface area contributed by atoms with E-state index in [9.17, 15) is 0 Å². The van der Waals surface area contributed by atoms with Crippen LogP contribution in [-0.4, -0.2) is 53.6 Å². The second-order valence-electron chi connectivity index (χ2n) is 30.9. The smallest absolute Gasteiger partial charge is 0.238 e. The van der Waals surface area contributed by atoms with Gasteiger partial charge in [-0.05, 0) is 120 Å². The summed E-state index contributed by atoms with van der Waals surface area (Å²) in [5.74, 6) is 4.57. The third-order valence-corrected chi connectivity index (χ3v) is 26.9. The minimum atomic E-state index is 0.614. The first-order chi connectivity index (χ1) is 61.4. The van der Waals surface area contributed by atoms with Gasteiger partial charge >= 0.3 is 0 Å². The van der Waals surface area contributed by atoms with Gasteiger partial charge in [0.1, 0.15) is 0 Å². The number of aromatic nitrogens is 11. The fourth-order valence-electron chi connectivity index (χ4n) is 17.7. The molecule has 26 aromatic rings. The van der Waals surface area contributed by atoms with Crippen LogP contribution in [0.15, 0.2) is 406 Å². The van der Waals surface area contributed by atoms with Crippen LogP contribution in [0.25, 0.3) is 234 Å². The van der Waals surface area contributed by atoms with Gasteiger partial charge in [-0.25, -0.2) is 29.9 Å². The van der Waals surface area contributed by atoms with E-state index >= 15 is 0 Å². The Morgan fingerprint density at radius 1 is 0.161 bits per heavy atom. The summed E-state index contributed by atoms with van der Waals surface area (Å²) < 4.78 is 14.6. The lowest BCUT2D eigenvalue weighted by molar-refractivity contribution is 0.954. The minimum absolute atomic E-state index is 0.614. The highest BCUT2D eigenvalue weighted by molar-refractivity contribution is 7.26. The van der Waals surface area contributed by atoms with E-state index < -0.39 is 0 Å². The van der Waals surface area contributed by atoms with E-state index in [0.29, 0.717) is 41.0 Å². The molecule has 0 aliphatic heterocycles. The van der Waals surface area contributed by atoms with Crippen molar-refractivity contribution < 1.29 is 0 Å². The lowest BCUT2D eigenvalue weighted by Crippen LogP contribution is -2.06. The van der Waals surface area contributed by atoms with Crippen LogP contribution in [0.5, 0.6) is 0 Å². The standard InChI is InChI=1S/C39H24N4S.C38H23N3S.C33H20N4S/c1-3-11-25(12-4-1)37-40-38(26-13-5-2-6-14-26)42-39(41-37)27-19-21-28(22-20-27)43-33-17-9-7-15-29(33)31-24-36-32(23-34(31)43)30-16-8-10-18-35(30)44-36;1-2-11-24(12-3-1)25-13-10-14-26(21-25)37-29-17-4-7-18-32(29)39-38(40-37)41-33-19-8-5-15-27(33)30-23-36-31(22-34(30)41)28-16-6-9-20-35(28)42-36;1-3-11-21(12-4-1)31-34-32(22-13-5-2-6-14-22)36-33(35-31)37-27-17-9-7-15-23(27)25-20-30-26(19-28(25)37)24-16-8-10-18-29(24)38-30/h1-24H;1-23H;1-20H. The van der Waals surface area contributed by atoms with E-state index in [1.165, 1.54) is 115 Å². The molecular weight excluding hydrogens is 1570 g/mol. The molecule has 0 aliphatic carbocycles. The Bertz CT molecular complexity index is 8560. The molecule has 26 rings (SSSR count). The SMILES string of the molecule is c1ccc(-c2cccc(-c3nc(-n4c5ccccc5c5cc6sc7ccccc7c6cc54)nc4ccccc34)c2)cc1.c1ccc(-c2nc(-c3ccccc3)nc(-c3ccc(-n4c5ccccc5c5cc6sc7ccccc7c6cc54)cc3)n2)cc1.c1ccc(-c2nc(-c3ccccc3)nc(-n3c4ccccc4c4cc5sc6ccccc6c5cc43)n2)cc1. The highest BCUT2D eigenvalue weighted by Gasteiger charge is 2.24. The van der Waals surface area contributed by atoms with E-state index in [1.807, 2.05) is 155 Å². The summed E-state index contributed by atoms with van der Waals surface area (Å²) in [6.45, 7) is 0. The molecule has 0 bridgehead atoms. The van der Waals surface area contributed by atoms with Crippen LogP contribution < -0.4 is 0 Å². The average molecular weight is 1640 g/mol. The first-order valence-corrected chi connectivity index (χ1v) is 43.7. The molecule has 0 saturated carbocycles. The van der Waals surface area contributed by atoms with E-state index in [-0.39, 0.29) is 0 Å². The van der Waals surface area contributed by atoms with Crippen LogP contribution in [0.4, 0.5) is 0 Å². The Hall–Kier alpha value is -15.8. The lowest BCUT2D eigenvalue weighted by Gasteiger charge is -2.12. The third kappa shape index (κ3) is 12.6. The number of para-hydroxylation sites is 4. The average Bonchev–Trinajstić information content (AvgIpc) is 1.57. The maximum Gasteiger partial charge on any atom is 0.238 e. The van der Waals surface area contributed by atoms with Crippen molar-refractivity contribution in [2.24, 2.45) is 0 Å². The maximum absolute atomic E-state index is 5.33. The van der Waals surface area contributed by atoms with Crippen molar-refractivity contribution >= 4 is 171 Å². The number of fused-ring (bicyclic) bond motifs is 19. The van der Waals surface area contributed by atoms with Crippen LogP contribution >= 0.6 is 34.0 Å².